The van der Waals surface area contributed by atoms with Crippen molar-refractivity contribution in [3.05, 3.63) is 22.9 Å². The molecule has 8 heteroatoms. The lowest BCUT2D eigenvalue weighted by atomic mass is 10.0. The van der Waals surface area contributed by atoms with Crippen molar-refractivity contribution in [3.63, 3.8) is 0 Å². The zero-order valence-corrected chi connectivity index (χ0v) is 15.2. The molecule has 2 N–H and O–H groups in total. The average Bonchev–Trinajstić information content (AvgIpc) is 3.17. The summed E-state index contributed by atoms with van der Waals surface area (Å²) in [6.07, 6.45) is 5.37. The summed E-state index contributed by atoms with van der Waals surface area (Å²) in [6, 6.07) is -0.117. The van der Waals surface area contributed by atoms with Crippen LogP contribution in [0, 0.1) is 12.8 Å². The highest BCUT2D eigenvalue weighted by molar-refractivity contribution is 7.16. The second kappa shape index (κ2) is 7.29. The van der Waals surface area contributed by atoms with Gasteiger partial charge in [0.15, 0.2) is 0 Å². The summed E-state index contributed by atoms with van der Waals surface area (Å²) in [5.74, 6) is 1.26. The summed E-state index contributed by atoms with van der Waals surface area (Å²) in [5.41, 5.74) is 0.981. The molecule has 0 radical (unpaired) electrons. The molecule has 2 aromatic rings. The van der Waals surface area contributed by atoms with Gasteiger partial charge < -0.3 is 4.90 Å². The highest BCUT2D eigenvalue weighted by atomic mass is 32.1. The zero-order chi connectivity index (χ0) is 17.1. The third-order valence-electron chi connectivity index (χ3n) is 4.14. The summed E-state index contributed by atoms with van der Waals surface area (Å²) in [7, 11) is 0. The lowest BCUT2D eigenvalue weighted by Gasteiger charge is -2.34. The maximum absolute atomic E-state index is 12.9. The van der Waals surface area contributed by atoms with Gasteiger partial charge in [0.2, 0.25) is 0 Å². The fourth-order valence-electron chi connectivity index (χ4n) is 3.10. The molecule has 130 valence electrons. The van der Waals surface area contributed by atoms with Crippen LogP contribution in [0.5, 0.6) is 0 Å². The molecule has 2 aromatic heterocycles. The van der Waals surface area contributed by atoms with E-state index in [1.807, 2.05) is 11.8 Å². The number of amides is 2. The van der Waals surface area contributed by atoms with Gasteiger partial charge in [-0.1, -0.05) is 13.8 Å². The molecule has 0 unspecified atom stereocenters. The van der Waals surface area contributed by atoms with Crippen molar-refractivity contribution in [3.8, 4) is 0 Å². The second-order valence-corrected chi connectivity index (χ2v) is 7.82. The van der Waals surface area contributed by atoms with Crippen LogP contribution in [0.4, 0.5) is 9.80 Å². The number of urea groups is 1. The van der Waals surface area contributed by atoms with Gasteiger partial charge in [-0.3, -0.25) is 10.4 Å². The minimum Gasteiger partial charge on any atom is -0.314 e. The molecule has 3 heterocycles. The number of rotatable bonds is 4. The van der Waals surface area contributed by atoms with E-state index in [1.54, 1.807) is 11.3 Å². The molecule has 0 aromatic carbocycles. The van der Waals surface area contributed by atoms with Gasteiger partial charge in [0, 0.05) is 6.54 Å². The monoisotopic (exact) mass is 348 g/mol. The van der Waals surface area contributed by atoms with Crippen LogP contribution in [0.3, 0.4) is 0 Å². The third kappa shape index (κ3) is 3.75. The first-order valence-corrected chi connectivity index (χ1v) is 9.25. The Kier molecular flexibility index (Phi) is 5.13. The van der Waals surface area contributed by atoms with Crippen molar-refractivity contribution >= 4 is 22.4 Å². The number of hydrogen-bond donors (Lipinski definition) is 2. The Morgan fingerprint density at radius 3 is 3.04 bits per heavy atom. The fraction of sp³-hybridized carbons (Fsp3) is 0.625. The van der Waals surface area contributed by atoms with Gasteiger partial charge in [-0.15, -0.1) is 11.3 Å². The molecule has 1 aliphatic heterocycles. The molecule has 1 atom stereocenters. The van der Waals surface area contributed by atoms with Crippen LogP contribution in [-0.4, -0.2) is 37.6 Å². The molecular weight excluding hydrogens is 324 g/mol. The Labute approximate surface area is 145 Å². The van der Waals surface area contributed by atoms with Crippen LogP contribution in [0.2, 0.25) is 0 Å². The summed E-state index contributed by atoms with van der Waals surface area (Å²) in [5, 5.41) is 11.8. The summed E-state index contributed by atoms with van der Waals surface area (Å²) in [6.45, 7) is 7.02. The van der Waals surface area contributed by atoms with E-state index < -0.39 is 0 Å². The van der Waals surface area contributed by atoms with E-state index in [9.17, 15) is 4.79 Å². The Bertz CT molecular complexity index is 681. The zero-order valence-electron chi connectivity index (χ0n) is 14.4. The number of aryl methyl sites for hydroxylation is 1. The number of H-pyrrole nitrogens is 1. The van der Waals surface area contributed by atoms with E-state index >= 15 is 0 Å². The molecule has 0 saturated carbocycles. The Hall–Kier alpha value is -1.96. The van der Waals surface area contributed by atoms with Crippen molar-refractivity contribution < 1.29 is 4.79 Å². The highest BCUT2D eigenvalue weighted by Crippen LogP contribution is 2.31. The maximum atomic E-state index is 12.9. The van der Waals surface area contributed by atoms with Crippen molar-refractivity contribution in [2.45, 2.75) is 52.5 Å². The highest BCUT2D eigenvalue weighted by Gasteiger charge is 2.30. The number of thiazole rings is 1. The lowest BCUT2D eigenvalue weighted by molar-refractivity contribution is 0.159. The molecule has 3 rings (SSSR count). The van der Waals surface area contributed by atoms with Gasteiger partial charge >= 0.3 is 6.03 Å². The molecule has 0 bridgehead atoms. The van der Waals surface area contributed by atoms with Crippen LogP contribution >= 0.6 is 11.3 Å². The van der Waals surface area contributed by atoms with Crippen molar-refractivity contribution in [1.29, 1.82) is 0 Å². The van der Waals surface area contributed by atoms with Gasteiger partial charge in [0.1, 0.15) is 17.2 Å². The first kappa shape index (κ1) is 16.9. The molecule has 1 saturated heterocycles. The summed E-state index contributed by atoms with van der Waals surface area (Å²) < 4.78 is 0. The predicted molar refractivity (Wildman–Crippen MR) is 94.1 cm³/mol. The van der Waals surface area contributed by atoms with Crippen LogP contribution in [0.1, 0.15) is 55.7 Å². The van der Waals surface area contributed by atoms with E-state index in [0.29, 0.717) is 5.92 Å². The minimum atomic E-state index is -0.0789. The standard InChI is InChI=1S/C16H24N6OS/c1-10(2)8-12-15(24-11(3)19-12)20-16(23)22-7-5-4-6-13(22)14-17-9-18-21-14/h9-10,13H,4-8H2,1-3H3,(H,20,23)(H,17,18,21)/t13-/m1/s1. The maximum Gasteiger partial charge on any atom is 0.323 e. The Morgan fingerprint density at radius 1 is 1.50 bits per heavy atom. The normalized spacial score (nSPS) is 18.2. The molecule has 1 fully saturated rings. The van der Waals surface area contributed by atoms with Crippen LogP contribution in [0.15, 0.2) is 6.33 Å². The average molecular weight is 348 g/mol. The van der Waals surface area contributed by atoms with Gasteiger partial charge in [-0.2, -0.15) is 5.10 Å². The van der Waals surface area contributed by atoms with Crippen molar-refractivity contribution in [2.75, 3.05) is 11.9 Å². The smallest absolute Gasteiger partial charge is 0.314 e. The van der Waals surface area contributed by atoms with Gasteiger partial charge in [-0.25, -0.2) is 14.8 Å². The second-order valence-electron chi connectivity index (χ2n) is 6.61. The lowest BCUT2D eigenvalue weighted by Crippen LogP contribution is -2.41. The minimum absolute atomic E-state index is 0.0381. The SMILES string of the molecule is Cc1nc(CC(C)C)c(NC(=O)N2CCCC[C@@H]2c2ncn[nH]2)s1. The van der Waals surface area contributed by atoms with Gasteiger partial charge in [0.05, 0.1) is 16.7 Å². The largest absolute Gasteiger partial charge is 0.323 e. The Balaban J connectivity index is 1.76. The van der Waals surface area contributed by atoms with E-state index in [4.69, 9.17) is 0 Å². The van der Waals surface area contributed by atoms with Crippen LogP contribution in [-0.2, 0) is 6.42 Å². The number of carbonyl (C=O) groups excluding carboxylic acids is 1. The van der Waals surface area contributed by atoms with E-state index in [2.05, 4.69) is 39.3 Å². The molecule has 2 amide bonds. The van der Waals surface area contributed by atoms with Gasteiger partial charge in [0.25, 0.3) is 0 Å². The first-order valence-electron chi connectivity index (χ1n) is 8.43. The fourth-order valence-corrected chi connectivity index (χ4v) is 3.93. The molecule has 0 aliphatic carbocycles. The summed E-state index contributed by atoms with van der Waals surface area (Å²) >= 11 is 1.54. The molecular formula is C16H24N6OS. The topological polar surface area (TPSA) is 86.8 Å². The number of carbonyl (C=O) groups is 1. The number of nitrogens with one attached hydrogen (secondary N) is 2. The van der Waals surface area contributed by atoms with Crippen molar-refractivity contribution in [1.82, 2.24) is 25.1 Å². The van der Waals surface area contributed by atoms with Crippen LogP contribution < -0.4 is 5.32 Å². The summed E-state index contributed by atoms with van der Waals surface area (Å²) in [4.78, 5) is 23.5. The number of anilines is 1. The number of nitrogens with zero attached hydrogens (tertiary/aromatic N) is 4. The number of likely N-dealkylation sites (tertiary alicyclic amines) is 1. The van der Waals surface area contributed by atoms with E-state index in [0.717, 1.165) is 53.8 Å². The third-order valence-corrected chi connectivity index (χ3v) is 5.07. The molecule has 0 spiro atoms. The number of hydrogen-bond acceptors (Lipinski definition) is 5. The molecule has 7 nitrogen and oxygen atoms in total. The quantitative estimate of drug-likeness (QED) is 0.885. The number of piperidine rings is 1. The molecule has 24 heavy (non-hydrogen) atoms. The van der Waals surface area contributed by atoms with E-state index in [-0.39, 0.29) is 12.1 Å². The first-order chi connectivity index (χ1) is 11.5. The number of aromatic nitrogens is 4. The predicted octanol–water partition coefficient (Wildman–Crippen LogP) is 3.53. The van der Waals surface area contributed by atoms with Crippen molar-refractivity contribution in [2.24, 2.45) is 5.92 Å². The van der Waals surface area contributed by atoms with Gasteiger partial charge in [-0.05, 0) is 38.5 Å². The van der Waals surface area contributed by atoms with Crippen LogP contribution in [0.25, 0.3) is 0 Å². The van der Waals surface area contributed by atoms with E-state index in [1.165, 1.54) is 6.33 Å². The number of aromatic amines is 1. The Morgan fingerprint density at radius 2 is 2.33 bits per heavy atom. The molecule has 1 aliphatic rings.